The third-order valence-electron chi connectivity index (χ3n) is 2.38. The van der Waals surface area contributed by atoms with Gasteiger partial charge in [0.05, 0.1) is 23.7 Å². The molecule has 0 aliphatic heterocycles. The molecule has 0 saturated carbocycles. The molecule has 0 spiro atoms. The fraction of sp³-hybridized carbons (Fsp3) is 0.182. The van der Waals surface area contributed by atoms with E-state index < -0.39 is 0 Å². The summed E-state index contributed by atoms with van der Waals surface area (Å²) < 4.78 is 6.23. The first-order valence-electron chi connectivity index (χ1n) is 4.78. The lowest BCUT2D eigenvalue weighted by Gasteiger charge is -2.11. The zero-order valence-corrected chi connectivity index (χ0v) is 10.6. The van der Waals surface area contributed by atoms with Crippen molar-refractivity contribution in [2.75, 3.05) is 12.5 Å². The van der Waals surface area contributed by atoms with Crippen LogP contribution in [0.3, 0.4) is 0 Å². The summed E-state index contributed by atoms with van der Waals surface area (Å²) in [6.07, 6.45) is 0. The Bertz CT molecular complexity index is 542. The lowest BCUT2D eigenvalue weighted by Crippen LogP contribution is -2.08. The molecule has 5 heteroatoms. The Labute approximate surface area is 102 Å². The largest absolute Gasteiger partial charge is 0.496 e. The van der Waals surface area contributed by atoms with Gasteiger partial charge in [-0.15, -0.1) is 0 Å². The van der Waals surface area contributed by atoms with Crippen LogP contribution in [-0.4, -0.2) is 12.1 Å². The molecule has 0 fully saturated rings. The van der Waals surface area contributed by atoms with Gasteiger partial charge >= 0.3 is 0 Å². The summed E-state index contributed by atoms with van der Waals surface area (Å²) in [6, 6.07) is 5.68. The quantitative estimate of drug-likeness (QED) is 0.656. The first kappa shape index (κ1) is 11.2. The number of fused-ring (bicyclic) bond motifs is 1. The van der Waals surface area contributed by atoms with Gasteiger partial charge in [-0.05, 0) is 41.1 Å². The van der Waals surface area contributed by atoms with Gasteiger partial charge in [0.1, 0.15) is 5.75 Å². The molecule has 0 radical (unpaired) electrons. The summed E-state index contributed by atoms with van der Waals surface area (Å²) in [5.74, 6) is 6.26. The molecule has 3 N–H and O–H groups in total. The van der Waals surface area contributed by atoms with E-state index in [4.69, 9.17) is 10.6 Å². The van der Waals surface area contributed by atoms with Crippen molar-refractivity contribution in [2.45, 2.75) is 6.92 Å². The van der Waals surface area contributed by atoms with E-state index in [1.807, 2.05) is 25.1 Å². The van der Waals surface area contributed by atoms with Crippen molar-refractivity contribution >= 4 is 32.5 Å². The third-order valence-corrected chi connectivity index (χ3v) is 3.02. The predicted octanol–water partition coefficient (Wildman–Crippen LogP) is 2.60. The van der Waals surface area contributed by atoms with Gasteiger partial charge in [0.25, 0.3) is 0 Å². The number of benzene rings is 1. The first-order valence-corrected chi connectivity index (χ1v) is 5.57. The number of anilines is 1. The number of halogens is 1. The van der Waals surface area contributed by atoms with E-state index in [2.05, 4.69) is 26.3 Å². The van der Waals surface area contributed by atoms with Crippen molar-refractivity contribution in [3.63, 3.8) is 0 Å². The second-order valence-electron chi connectivity index (χ2n) is 3.43. The molecule has 0 aliphatic rings. The van der Waals surface area contributed by atoms with Crippen molar-refractivity contribution in [3.05, 3.63) is 28.4 Å². The fourth-order valence-electron chi connectivity index (χ4n) is 1.69. The van der Waals surface area contributed by atoms with Gasteiger partial charge < -0.3 is 10.2 Å². The van der Waals surface area contributed by atoms with Crippen molar-refractivity contribution < 1.29 is 4.74 Å². The monoisotopic (exact) mass is 281 g/mol. The number of aryl methyl sites for hydroxylation is 1. The van der Waals surface area contributed by atoms with Crippen molar-refractivity contribution in [3.8, 4) is 5.75 Å². The Morgan fingerprint density at radius 2 is 2.19 bits per heavy atom. The Morgan fingerprint density at radius 1 is 1.44 bits per heavy atom. The van der Waals surface area contributed by atoms with Gasteiger partial charge in [0.15, 0.2) is 0 Å². The number of hydrazine groups is 1. The molecule has 0 saturated heterocycles. The standard InChI is InChI=1S/C11H12BrN3O/c1-6-5-8(15-13)10-9(16-2)4-3-7(12)11(10)14-6/h3-5H,13H2,1-2H3,(H,14,15). The molecule has 0 bridgehead atoms. The number of nitrogen functional groups attached to an aromatic ring is 1. The number of rotatable bonds is 2. The average Bonchev–Trinajstić information content (AvgIpc) is 2.29. The minimum atomic E-state index is 0.749. The molecule has 2 rings (SSSR count). The topological polar surface area (TPSA) is 60.2 Å². The van der Waals surface area contributed by atoms with Crippen LogP contribution >= 0.6 is 15.9 Å². The average molecular weight is 282 g/mol. The molecular formula is C11H12BrN3O. The Balaban J connectivity index is 2.91. The van der Waals surface area contributed by atoms with Crippen LogP contribution in [-0.2, 0) is 0 Å². The number of ether oxygens (including phenoxy) is 1. The van der Waals surface area contributed by atoms with E-state index in [1.54, 1.807) is 7.11 Å². The first-order chi connectivity index (χ1) is 7.67. The maximum Gasteiger partial charge on any atom is 0.130 e. The highest BCUT2D eigenvalue weighted by Crippen LogP contribution is 2.35. The van der Waals surface area contributed by atoms with Gasteiger partial charge in [-0.1, -0.05) is 0 Å². The Kier molecular flexibility index (Phi) is 2.98. The molecule has 0 amide bonds. The van der Waals surface area contributed by atoms with Crippen LogP contribution in [0.4, 0.5) is 5.69 Å². The lowest BCUT2D eigenvalue weighted by atomic mass is 10.1. The van der Waals surface area contributed by atoms with Crippen LogP contribution in [0.1, 0.15) is 5.69 Å². The lowest BCUT2D eigenvalue weighted by molar-refractivity contribution is 0.420. The van der Waals surface area contributed by atoms with E-state index in [0.29, 0.717) is 0 Å². The second-order valence-corrected chi connectivity index (χ2v) is 4.28. The third kappa shape index (κ3) is 1.72. The number of nitrogens with two attached hydrogens (primary N) is 1. The van der Waals surface area contributed by atoms with E-state index in [-0.39, 0.29) is 0 Å². The summed E-state index contributed by atoms with van der Waals surface area (Å²) in [6.45, 7) is 1.92. The molecule has 1 aromatic carbocycles. The summed E-state index contributed by atoms with van der Waals surface area (Å²) in [4.78, 5) is 4.47. The van der Waals surface area contributed by atoms with Crippen LogP contribution in [0.15, 0.2) is 22.7 Å². The van der Waals surface area contributed by atoms with Gasteiger partial charge in [0.2, 0.25) is 0 Å². The SMILES string of the molecule is COc1ccc(Br)c2nc(C)cc(NN)c12. The Hall–Kier alpha value is -1.33. The van der Waals surface area contributed by atoms with Crippen LogP contribution in [0, 0.1) is 6.92 Å². The van der Waals surface area contributed by atoms with Crippen LogP contribution in [0.5, 0.6) is 5.75 Å². The van der Waals surface area contributed by atoms with E-state index in [1.165, 1.54) is 0 Å². The number of pyridine rings is 1. The summed E-state index contributed by atoms with van der Waals surface area (Å²) >= 11 is 3.47. The Morgan fingerprint density at radius 3 is 2.81 bits per heavy atom. The summed E-state index contributed by atoms with van der Waals surface area (Å²) in [7, 11) is 1.63. The number of methoxy groups -OCH3 is 1. The maximum atomic E-state index is 5.51. The van der Waals surface area contributed by atoms with Crippen LogP contribution in [0.25, 0.3) is 10.9 Å². The molecular weight excluding hydrogens is 270 g/mol. The van der Waals surface area contributed by atoms with Gasteiger partial charge in [-0.2, -0.15) is 0 Å². The number of nitrogens with one attached hydrogen (secondary N) is 1. The minimum Gasteiger partial charge on any atom is -0.496 e. The second kappa shape index (κ2) is 4.27. The van der Waals surface area contributed by atoms with Crippen molar-refractivity contribution in [2.24, 2.45) is 5.84 Å². The van der Waals surface area contributed by atoms with Crippen LogP contribution in [0.2, 0.25) is 0 Å². The fourth-order valence-corrected chi connectivity index (χ4v) is 2.11. The van der Waals surface area contributed by atoms with Crippen molar-refractivity contribution in [1.82, 2.24) is 4.98 Å². The highest BCUT2D eigenvalue weighted by molar-refractivity contribution is 9.10. The molecule has 1 aromatic heterocycles. The number of aromatic nitrogens is 1. The molecule has 0 atom stereocenters. The molecule has 0 unspecified atom stereocenters. The zero-order chi connectivity index (χ0) is 11.7. The van der Waals surface area contributed by atoms with E-state index >= 15 is 0 Å². The normalized spacial score (nSPS) is 10.5. The number of hydrogen-bond donors (Lipinski definition) is 2. The molecule has 2 aromatic rings. The van der Waals surface area contributed by atoms with Gasteiger partial charge in [0, 0.05) is 10.2 Å². The highest BCUT2D eigenvalue weighted by atomic mass is 79.9. The number of nitrogens with zero attached hydrogens (tertiary/aromatic N) is 1. The summed E-state index contributed by atoms with van der Waals surface area (Å²) in [5, 5.41) is 0.880. The smallest absolute Gasteiger partial charge is 0.130 e. The molecule has 16 heavy (non-hydrogen) atoms. The zero-order valence-electron chi connectivity index (χ0n) is 9.04. The van der Waals surface area contributed by atoms with Gasteiger partial charge in [-0.3, -0.25) is 10.8 Å². The maximum absolute atomic E-state index is 5.51. The predicted molar refractivity (Wildman–Crippen MR) is 68.5 cm³/mol. The van der Waals surface area contributed by atoms with Crippen molar-refractivity contribution in [1.29, 1.82) is 0 Å². The highest BCUT2D eigenvalue weighted by Gasteiger charge is 2.11. The van der Waals surface area contributed by atoms with E-state index in [9.17, 15) is 0 Å². The van der Waals surface area contributed by atoms with E-state index in [0.717, 1.165) is 32.5 Å². The molecule has 84 valence electrons. The number of hydrogen-bond acceptors (Lipinski definition) is 4. The van der Waals surface area contributed by atoms with Crippen LogP contribution < -0.4 is 16.0 Å². The van der Waals surface area contributed by atoms with Gasteiger partial charge in [-0.25, -0.2) is 0 Å². The molecule has 4 nitrogen and oxygen atoms in total. The molecule has 0 aliphatic carbocycles. The minimum absolute atomic E-state index is 0.749. The molecule has 1 heterocycles. The summed E-state index contributed by atoms with van der Waals surface area (Å²) in [5.41, 5.74) is 5.22.